The van der Waals surface area contributed by atoms with Gasteiger partial charge in [0.25, 0.3) is 0 Å². The first kappa shape index (κ1) is 52.1. The molecule has 0 aromatic heterocycles. The van der Waals surface area contributed by atoms with Crippen molar-refractivity contribution in [3.05, 3.63) is 24.3 Å². The second kappa shape index (κ2) is 40.8. The number of nitrogens with two attached hydrogens (primary N) is 3. The van der Waals surface area contributed by atoms with Gasteiger partial charge in [-0.25, -0.2) is 0 Å². The molecule has 55 heavy (non-hydrogen) atoms. The van der Waals surface area contributed by atoms with Crippen molar-refractivity contribution in [3.8, 4) is 0 Å². The highest BCUT2D eigenvalue weighted by Gasteiger charge is 2.22. The number of esters is 3. The van der Waals surface area contributed by atoms with Crippen molar-refractivity contribution < 1.29 is 28.6 Å². The Morgan fingerprint density at radius 2 is 0.927 bits per heavy atom. The van der Waals surface area contributed by atoms with Crippen LogP contribution >= 0.6 is 0 Å². The van der Waals surface area contributed by atoms with E-state index in [9.17, 15) is 14.4 Å². The maximum Gasteiger partial charge on any atom is 0.323 e. The van der Waals surface area contributed by atoms with Gasteiger partial charge >= 0.3 is 17.9 Å². The van der Waals surface area contributed by atoms with Crippen LogP contribution in [0.4, 0.5) is 0 Å². The third-order valence-corrected chi connectivity index (χ3v) is 9.70. The monoisotopic (exact) mass is 777 g/mol. The summed E-state index contributed by atoms with van der Waals surface area (Å²) in [7, 11) is 0. The zero-order valence-electron chi connectivity index (χ0n) is 35.4. The third-order valence-electron chi connectivity index (χ3n) is 9.70. The molecule has 10 heteroatoms. The highest BCUT2D eigenvalue weighted by molar-refractivity contribution is 5.76. The lowest BCUT2D eigenvalue weighted by atomic mass is 10.1. The summed E-state index contributed by atoms with van der Waals surface area (Å²) >= 11 is 0. The molecule has 0 bridgehead atoms. The van der Waals surface area contributed by atoms with Crippen LogP contribution in [0.25, 0.3) is 0 Å². The largest absolute Gasteiger partial charge is 0.462 e. The molecule has 0 aliphatic rings. The Bertz CT molecular complexity index is 998. The van der Waals surface area contributed by atoms with Crippen LogP contribution in [0.15, 0.2) is 29.3 Å². The van der Waals surface area contributed by atoms with E-state index in [1.165, 1.54) is 96.3 Å². The molecule has 0 spiro atoms. The number of unbranched alkanes of at least 4 members (excludes halogenated alkanes) is 22. The summed E-state index contributed by atoms with van der Waals surface area (Å²) in [6.45, 7) is 4.45. The van der Waals surface area contributed by atoms with Crippen molar-refractivity contribution >= 4 is 23.9 Å². The number of ether oxygens (including phenoxy) is 3. The number of guanidine groups is 1. The zero-order valence-corrected chi connectivity index (χ0v) is 35.4. The van der Waals surface area contributed by atoms with Crippen molar-refractivity contribution in [2.24, 2.45) is 22.2 Å². The topological polar surface area (TPSA) is 169 Å². The van der Waals surface area contributed by atoms with Gasteiger partial charge in [0.1, 0.15) is 19.3 Å². The highest BCUT2D eigenvalue weighted by atomic mass is 16.6. The number of allylic oxidation sites excluding steroid dienone is 4. The fourth-order valence-corrected chi connectivity index (χ4v) is 6.22. The second-order valence-electron chi connectivity index (χ2n) is 15.1. The van der Waals surface area contributed by atoms with E-state index in [-0.39, 0.29) is 31.6 Å². The first-order valence-electron chi connectivity index (χ1n) is 22.4. The number of hydrogen-bond acceptors (Lipinski definition) is 8. The average Bonchev–Trinajstić information content (AvgIpc) is 3.17. The Morgan fingerprint density at radius 3 is 1.38 bits per heavy atom. The Labute approximate surface area is 336 Å². The van der Waals surface area contributed by atoms with Gasteiger partial charge in [-0.15, -0.1) is 0 Å². The maximum absolute atomic E-state index is 12.7. The summed E-state index contributed by atoms with van der Waals surface area (Å²) in [5, 5.41) is 0. The van der Waals surface area contributed by atoms with E-state index in [0.29, 0.717) is 25.8 Å². The van der Waals surface area contributed by atoms with Crippen molar-refractivity contribution in [3.63, 3.8) is 0 Å². The summed E-state index contributed by atoms with van der Waals surface area (Å²) < 4.78 is 16.4. The molecule has 0 saturated carbocycles. The highest BCUT2D eigenvalue weighted by Crippen LogP contribution is 2.13. The predicted octanol–water partition coefficient (Wildman–Crippen LogP) is 10.4. The fourth-order valence-electron chi connectivity index (χ4n) is 6.22. The van der Waals surface area contributed by atoms with E-state index >= 15 is 0 Å². The van der Waals surface area contributed by atoms with E-state index in [0.717, 1.165) is 70.6 Å². The van der Waals surface area contributed by atoms with E-state index in [2.05, 4.69) is 43.1 Å². The average molecular weight is 777 g/mol. The van der Waals surface area contributed by atoms with E-state index in [4.69, 9.17) is 31.4 Å². The molecule has 0 fully saturated rings. The number of nitrogens with zero attached hydrogens (tertiary/aromatic N) is 1. The Balaban J connectivity index is 4.40. The van der Waals surface area contributed by atoms with E-state index < -0.39 is 24.1 Å². The molecule has 6 N–H and O–H groups in total. The molecule has 0 heterocycles. The van der Waals surface area contributed by atoms with Gasteiger partial charge in [0.05, 0.1) is 0 Å². The van der Waals surface area contributed by atoms with Crippen LogP contribution in [0.2, 0.25) is 0 Å². The van der Waals surface area contributed by atoms with Crippen LogP contribution in [0.3, 0.4) is 0 Å². The minimum atomic E-state index is -0.897. The van der Waals surface area contributed by atoms with Crippen LogP contribution in [0.1, 0.15) is 206 Å². The Kier molecular flexibility index (Phi) is 38.6. The minimum Gasteiger partial charge on any atom is -0.462 e. The van der Waals surface area contributed by atoms with Crippen LogP contribution in [-0.2, 0) is 28.6 Å². The standard InChI is InChI=1S/C45H84N4O6/c1-3-5-7-9-11-13-15-17-19-21-23-25-27-29-31-35-42(50)53-38-40(39-54-44(52)41(46)34-33-37-49-45(47)48)55-43(51)36-32-30-28-26-24-22-20-18-16-14-12-10-8-6-4-2/h17-20,40-41H,3-16,21-39,46H2,1-2H3,(H4,47,48,49)/b19-17-,20-18-/t40?,41-/m0/s1. The van der Waals surface area contributed by atoms with Crippen molar-refractivity contribution in [1.29, 1.82) is 0 Å². The van der Waals surface area contributed by atoms with Crippen molar-refractivity contribution in [2.45, 2.75) is 219 Å². The van der Waals surface area contributed by atoms with E-state index in [1.807, 2.05) is 0 Å². The summed E-state index contributed by atoms with van der Waals surface area (Å²) in [6, 6.07) is -0.870. The van der Waals surface area contributed by atoms with Crippen LogP contribution in [0.5, 0.6) is 0 Å². The number of carbonyl (C=O) groups is 3. The first-order chi connectivity index (χ1) is 26.8. The fraction of sp³-hybridized carbons (Fsp3) is 0.822. The molecule has 0 amide bonds. The summed E-state index contributed by atoms with van der Waals surface area (Å²) in [5.74, 6) is -1.39. The maximum atomic E-state index is 12.7. The Morgan fingerprint density at radius 1 is 0.527 bits per heavy atom. The first-order valence-corrected chi connectivity index (χ1v) is 22.4. The lowest BCUT2D eigenvalue weighted by Crippen LogP contribution is -2.36. The Hall–Kier alpha value is -2.88. The molecular formula is C45H84N4O6. The second-order valence-corrected chi connectivity index (χ2v) is 15.1. The summed E-state index contributed by atoms with van der Waals surface area (Å²) in [4.78, 5) is 41.6. The molecule has 0 radical (unpaired) electrons. The summed E-state index contributed by atoms with van der Waals surface area (Å²) in [6.07, 6.45) is 40.5. The van der Waals surface area contributed by atoms with Crippen LogP contribution in [0, 0.1) is 0 Å². The molecule has 320 valence electrons. The van der Waals surface area contributed by atoms with E-state index in [1.54, 1.807) is 0 Å². The normalized spacial score (nSPS) is 12.6. The van der Waals surface area contributed by atoms with Gasteiger partial charge in [-0.1, -0.05) is 141 Å². The minimum absolute atomic E-state index is 0.0191. The van der Waals surface area contributed by atoms with Gasteiger partial charge in [0.2, 0.25) is 0 Å². The van der Waals surface area contributed by atoms with Gasteiger partial charge in [-0.05, 0) is 77.0 Å². The molecule has 0 aliphatic heterocycles. The lowest BCUT2D eigenvalue weighted by Gasteiger charge is -2.19. The van der Waals surface area contributed by atoms with Gasteiger partial charge < -0.3 is 31.4 Å². The van der Waals surface area contributed by atoms with Gasteiger partial charge in [0.15, 0.2) is 12.1 Å². The van der Waals surface area contributed by atoms with Gasteiger partial charge in [-0.3, -0.25) is 19.4 Å². The lowest BCUT2D eigenvalue weighted by molar-refractivity contribution is -0.167. The number of carbonyl (C=O) groups excluding carboxylic acids is 3. The third kappa shape index (κ3) is 39.2. The number of hydrogen-bond donors (Lipinski definition) is 3. The molecule has 0 aromatic carbocycles. The van der Waals surface area contributed by atoms with Crippen molar-refractivity contribution in [2.75, 3.05) is 19.8 Å². The van der Waals surface area contributed by atoms with Crippen LogP contribution in [-0.4, -0.2) is 55.8 Å². The molecule has 0 aromatic rings. The molecule has 0 aliphatic carbocycles. The smallest absolute Gasteiger partial charge is 0.323 e. The van der Waals surface area contributed by atoms with Crippen molar-refractivity contribution in [1.82, 2.24) is 0 Å². The quantitative estimate of drug-likeness (QED) is 0.0137. The van der Waals surface area contributed by atoms with Gasteiger partial charge in [-0.2, -0.15) is 0 Å². The predicted molar refractivity (Wildman–Crippen MR) is 229 cm³/mol. The number of rotatable bonds is 40. The van der Waals surface area contributed by atoms with Crippen LogP contribution < -0.4 is 17.2 Å². The number of aliphatic imine (C=N–C) groups is 1. The molecule has 0 rings (SSSR count). The SMILES string of the molecule is CCCCCCCC/C=C\CCCCCCCC(=O)OCC(COC(=O)[C@@H](N)CCCN=C(N)N)OC(=O)CCCCCCC/C=C\CCCCCCCC. The zero-order chi connectivity index (χ0) is 40.5. The van der Waals surface area contributed by atoms with Gasteiger partial charge in [0, 0.05) is 19.4 Å². The molecular weight excluding hydrogens is 693 g/mol. The molecule has 10 nitrogen and oxygen atoms in total. The molecule has 1 unspecified atom stereocenters. The summed E-state index contributed by atoms with van der Waals surface area (Å²) in [5.41, 5.74) is 16.7. The molecule has 2 atom stereocenters. The molecule has 0 saturated heterocycles.